The second-order valence-electron chi connectivity index (χ2n) is 6.29. The Bertz CT molecular complexity index is 888. The van der Waals surface area contributed by atoms with Gasteiger partial charge in [0.25, 0.3) is 0 Å². The lowest BCUT2D eigenvalue weighted by atomic mass is 10.1. The Morgan fingerprint density at radius 1 is 1.22 bits per heavy atom. The number of aliphatic imine (C=N–C) groups is 1. The Kier molecular flexibility index (Phi) is 6.29. The minimum atomic E-state index is 0.0125. The largest absolute Gasteiger partial charge is 0.326 e. The molecule has 0 atom stereocenters. The van der Waals surface area contributed by atoms with Crippen molar-refractivity contribution >= 4 is 39.9 Å². The van der Waals surface area contributed by atoms with Crippen LogP contribution in [0.4, 0.5) is 11.4 Å². The fraction of sp³-hybridized carbons (Fsp3) is 0.286. The van der Waals surface area contributed by atoms with Crippen LogP contribution in [0.25, 0.3) is 0 Å². The Morgan fingerprint density at radius 3 is 2.63 bits per heavy atom. The summed E-state index contributed by atoms with van der Waals surface area (Å²) in [6.07, 6.45) is 1.42. The molecule has 0 saturated carbocycles. The summed E-state index contributed by atoms with van der Waals surface area (Å²) in [7, 11) is 0. The number of amides is 1. The second-order valence-corrected chi connectivity index (χ2v) is 7.26. The van der Waals surface area contributed by atoms with Crippen molar-refractivity contribution in [2.75, 3.05) is 11.1 Å². The lowest BCUT2D eigenvalue weighted by Crippen LogP contribution is -2.25. The van der Waals surface area contributed by atoms with Gasteiger partial charge in [0.05, 0.1) is 11.4 Å². The van der Waals surface area contributed by atoms with E-state index >= 15 is 0 Å². The number of amidine groups is 1. The highest BCUT2D eigenvalue weighted by Crippen LogP contribution is 2.26. The van der Waals surface area contributed by atoms with E-state index in [0.29, 0.717) is 6.42 Å². The van der Waals surface area contributed by atoms with E-state index in [0.717, 1.165) is 40.0 Å². The summed E-state index contributed by atoms with van der Waals surface area (Å²) in [4.78, 5) is 16.2. The zero-order valence-electron chi connectivity index (χ0n) is 15.9. The van der Waals surface area contributed by atoms with Crippen LogP contribution in [0.5, 0.6) is 0 Å². The van der Waals surface area contributed by atoms with Crippen molar-refractivity contribution in [3.8, 4) is 0 Å². The molecule has 0 aliphatic carbocycles. The van der Waals surface area contributed by atoms with E-state index in [4.69, 9.17) is 4.99 Å². The maximum absolute atomic E-state index is 11.5. The van der Waals surface area contributed by atoms with Crippen LogP contribution in [0.1, 0.15) is 37.0 Å². The SMILES string of the molecule is CCC(=O)Nc1ccc(C2=NNC(=Nc3c(C)cccc3CC)SC2)cc1. The molecule has 1 aliphatic rings. The number of para-hydroxylation sites is 1. The van der Waals surface area contributed by atoms with Crippen LogP contribution in [0.2, 0.25) is 0 Å². The number of thioether (sulfide) groups is 1. The highest BCUT2D eigenvalue weighted by molar-refractivity contribution is 8.14. The number of carbonyl (C=O) groups is 1. The van der Waals surface area contributed by atoms with E-state index in [-0.39, 0.29) is 5.91 Å². The average molecular weight is 381 g/mol. The molecule has 0 fully saturated rings. The van der Waals surface area contributed by atoms with Crippen molar-refractivity contribution in [3.63, 3.8) is 0 Å². The van der Waals surface area contributed by atoms with Crippen LogP contribution in [-0.2, 0) is 11.2 Å². The molecule has 1 aliphatic heterocycles. The normalized spacial score (nSPS) is 15.2. The Hall–Kier alpha value is -2.60. The van der Waals surface area contributed by atoms with Gasteiger partial charge < -0.3 is 5.32 Å². The van der Waals surface area contributed by atoms with Crippen LogP contribution in [-0.4, -0.2) is 22.5 Å². The average Bonchev–Trinajstić information content (AvgIpc) is 2.70. The molecule has 0 saturated heterocycles. The van der Waals surface area contributed by atoms with Gasteiger partial charge in [0.15, 0.2) is 5.17 Å². The third-order valence-electron chi connectivity index (χ3n) is 4.37. The van der Waals surface area contributed by atoms with Gasteiger partial charge in [-0.05, 0) is 42.2 Å². The summed E-state index contributed by atoms with van der Waals surface area (Å²) in [5, 5.41) is 8.16. The van der Waals surface area contributed by atoms with Crippen LogP contribution < -0.4 is 10.7 Å². The predicted octanol–water partition coefficient (Wildman–Crippen LogP) is 4.63. The molecular formula is C21H24N4OS. The van der Waals surface area contributed by atoms with Crippen molar-refractivity contribution in [2.45, 2.75) is 33.6 Å². The van der Waals surface area contributed by atoms with Crippen molar-refractivity contribution in [3.05, 3.63) is 59.2 Å². The molecule has 0 spiro atoms. The third-order valence-corrected chi connectivity index (χ3v) is 5.24. The molecule has 0 aromatic heterocycles. The zero-order valence-corrected chi connectivity index (χ0v) is 16.7. The number of nitrogens with one attached hydrogen (secondary N) is 2. The summed E-state index contributed by atoms with van der Waals surface area (Å²) >= 11 is 1.65. The number of aryl methyl sites for hydroxylation is 2. The van der Waals surface area contributed by atoms with Crippen LogP contribution in [0, 0.1) is 6.92 Å². The molecule has 0 radical (unpaired) electrons. The van der Waals surface area contributed by atoms with E-state index in [1.165, 1.54) is 11.1 Å². The van der Waals surface area contributed by atoms with Crippen LogP contribution in [0.3, 0.4) is 0 Å². The molecular weight excluding hydrogens is 356 g/mol. The highest BCUT2D eigenvalue weighted by Gasteiger charge is 2.14. The monoisotopic (exact) mass is 380 g/mol. The molecule has 1 amide bonds. The number of rotatable bonds is 5. The first-order chi connectivity index (χ1) is 13.1. The van der Waals surface area contributed by atoms with Gasteiger partial charge in [0, 0.05) is 17.9 Å². The lowest BCUT2D eigenvalue weighted by molar-refractivity contribution is -0.115. The van der Waals surface area contributed by atoms with Crippen LogP contribution in [0.15, 0.2) is 52.6 Å². The van der Waals surface area contributed by atoms with E-state index in [2.05, 4.69) is 47.9 Å². The standard InChI is InChI=1S/C21H24N4OS/c1-4-15-8-6-7-14(3)20(15)23-21-25-24-18(13-27-21)16-9-11-17(12-10-16)22-19(26)5-2/h6-12H,4-5,13H2,1-3H3,(H,22,26)(H,23,25). The zero-order chi connectivity index (χ0) is 19.2. The summed E-state index contributed by atoms with van der Waals surface area (Å²) in [5.74, 6) is 0.762. The van der Waals surface area contributed by atoms with Crippen LogP contribution >= 0.6 is 11.8 Å². The van der Waals surface area contributed by atoms with Gasteiger partial charge >= 0.3 is 0 Å². The van der Waals surface area contributed by atoms with Crippen molar-refractivity contribution < 1.29 is 4.79 Å². The van der Waals surface area contributed by atoms with Gasteiger partial charge in [0.2, 0.25) is 5.91 Å². The number of benzene rings is 2. The lowest BCUT2D eigenvalue weighted by Gasteiger charge is -2.16. The minimum absolute atomic E-state index is 0.0125. The molecule has 1 heterocycles. The Morgan fingerprint density at radius 2 is 2.00 bits per heavy atom. The number of anilines is 1. The van der Waals surface area contributed by atoms with Gasteiger partial charge in [-0.15, -0.1) is 0 Å². The molecule has 27 heavy (non-hydrogen) atoms. The molecule has 0 unspecified atom stereocenters. The molecule has 2 aromatic carbocycles. The fourth-order valence-corrected chi connectivity index (χ4v) is 3.55. The number of nitrogens with zero attached hydrogens (tertiary/aromatic N) is 2. The fourth-order valence-electron chi connectivity index (χ4n) is 2.78. The third kappa shape index (κ3) is 4.77. The summed E-state index contributed by atoms with van der Waals surface area (Å²) in [6, 6.07) is 14.0. The topological polar surface area (TPSA) is 65.8 Å². The van der Waals surface area contributed by atoms with E-state index < -0.39 is 0 Å². The summed E-state index contributed by atoms with van der Waals surface area (Å²) < 4.78 is 0. The Labute approximate surface area is 164 Å². The Balaban J connectivity index is 1.73. The highest BCUT2D eigenvalue weighted by atomic mass is 32.2. The quantitative estimate of drug-likeness (QED) is 0.794. The first-order valence-electron chi connectivity index (χ1n) is 9.13. The molecule has 2 aromatic rings. The second kappa shape index (κ2) is 8.86. The van der Waals surface area contributed by atoms with E-state index in [1.54, 1.807) is 11.8 Å². The summed E-state index contributed by atoms with van der Waals surface area (Å²) in [5.41, 5.74) is 9.33. The van der Waals surface area contributed by atoms with Crippen molar-refractivity contribution in [1.29, 1.82) is 0 Å². The maximum Gasteiger partial charge on any atom is 0.224 e. The molecule has 3 rings (SSSR count). The van der Waals surface area contributed by atoms with Crippen molar-refractivity contribution in [1.82, 2.24) is 5.43 Å². The number of hydrazone groups is 1. The first-order valence-corrected chi connectivity index (χ1v) is 10.1. The smallest absolute Gasteiger partial charge is 0.224 e. The predicted molar refractivity (Wildman–Crippen MR) is 115 cm³/mol. The van der Waals surface area contributed by atoms with Gasteiger partial charge in [-0.25, -0.2) is 4.99 Å². The molecule has 140 valence electrons. The van der Waals surface area contributed by atoms with E-state index in [9.17, 15) is 4.79 Å². The van der Waals surface area contributed by atoms with Crippen molar-refractivity contribution in [2.24, 2.45) is 10.1 Å². The van der Waals surface area contributed by atoms with Gasteiger partial charge in [-0.1, -0.05) is 55.9 Å². The first kappa shape index (κ1) is 19.2. The molecule has 2 N–H and O–H groups in total. The summed E-state index contributed by atoms with van der Waals surface area (Å²) in [6.45, 7) is 6.06. The van der Waals surface area contributed by atoms with Gasteiger partial charge in [0.1, 0.15) is 0 Å². The van der Waals surface area contributed by atoms with Gasteiger partial charge in [-0.2, -0.15) is 5.10 Å². The number of hydrogen-bond donors (Lipinski definition) is 2. The maximum atomic E-state index is 11.5. The molecule has 5 nitrogen and oxygen atoms in total. The molecule has 6 heteroatoms. The van der Waals surface area contributed by atoms with E-state index in [1.807, 2.05) is 31.2 Å². The minimum Gasteiger partial charge on any atom is -0.326 e. The molecule has 0 bridgehead atoms. The number of hydrogen-bond acceptors (Lipinski definition) is 4. The van der Waals surface area contributed by atoms with Gasteiger partial charge in [-0.3, -0.25) is 10.2 Å². The number of carbonyl (C=O) groups excluding carboxylic acids is 1.